The molecule has 0 aliphatic heterocycles. The van der Waals surface area contributed by atoms with Gasteiger partial charge in [0.15, 0.2) is 0 Å². The summed E-state index contributed by atoms with van der Waals surface area (Å²) in [6.07, 6.45) is 0.410. The Morgan fingerprint density at radius 2 is 2.07 bits per heavy atom. The molecule has 0 atom stereocenters. The van der Waals surface area contributed by atoms with E-state index < -0.39 is 0 Å². The summed E-state index contributed by atoms with van der Waals surface area (Å²) in [7, 11) is 3.50. The lowest BCUT2D eigenvalue weighted by Crippen LogP contribution is -2.23. The molecule has 3 heteroatoms. The molecular formula is C11H14ClNO. The molecule has 0 bridgehead atoms. The van der Waals surface area contributed by atoms with Crippen LogP contribution in [0.25, 0.3) is 0 Å². The monoisotopic (exact) mass is 211 g/mol. The number of rotatable bonds is 2. The maximum Gasteiger partial charge on any atom is 0.226 e. The summed E-state index contributed by atoms with van der Waals surface area (Å²) in [6.45, 7) is 1.94. The van der Waals surface area contributed by atoms with Gasteiger partial charge in [-0.15, -0.1) is 0 Å². The lowest BCUT2D eigenvalue weighted by molar-refractivity contribution is -0.127. The van der Waals surface area contributed by atoms with E-state index >= 15 is 0 Å². The summed E-state index contributed by atoms with van der Waals surface area (Å²) in [4.78, 5) is 13.0. The second kappa shape index (κ2) is 4.47. The van der Waals surface area contributed by atoms with Crippen molar-refractivity contribution in [1.29, 1.82) is 0 Å². The minimum atomic E-state index is 0.0879. The van der Waals surface area contributed by atoms with Crippen LogP contribution in [0.5, 0.6) is 0 Å². The summed E-state index contributed by atoms with van der Waals surface area (Å²) in [5, 5.41) is 0.717. The van der Waals surface area contributed by atoms with Crippen molar-refractivity contribution in [3.05, 3.63) is 34.3 Å². The van der Waals surface area contributed by atoms with Gasteiger partial charge in [0.05, 0.1) is 6.42 Å². The molecular weight excluding hydrogens is 198 g/mol. The fraction of sp³-hybridized carbons (Fsp3) is 0.364. The Hall–Kier alpha value is -1.02. The van der Waals surface area contributed by atoms with Crippen LogP contribution in [0.15, 0.2) is 18.2 Å². The van der Waals surface area contributed by atoms with Gasteiger partial charge in [-0.25, -0.2) is 0 Å². The smallest absolute Gasteiger partial charge is 0.226 e. The van der Waals surface area contributed by atoms with E-state index in [4.69, 9.17) is 11.6 Å². The zero-order chi connectivity index (χ0) is 10.7. The first-order valence-corrected chi connectivity index (χ1v) is 4.83. The molecule has 0 N–H and O–H groups in total. The first-order chi connectivity index (χ1) is 6.50. The number of carbonyl (C=O) groups is 1. The van der Waals surface area contributed by atoms with Gasteiger partial charge < -0.3 is 4.90 Å². The zero-order valence-corrected chi connectivity index (χ0v) is 9.43. The number of benzene rings is 1. The molecule has 0 heterocycles. The third-order valence-electron chi connectivity index (χ3n) is 2.09. The zero-order valence-electron chi connectivity index (χ0n) is 8.67. The molecule has 1 aromatic carbocycles. The average molecular weight is 212 g/mol. The number of nitrogens with zero attached hydrogens (tertiary/aromatic N) is 1. The molecule has 0 saturated carbocycles. The second-order valence-electron chi connectivity index (χ2n) is 3.55. The van der Waals surface area contributed by atoms with Gasteiger partial charge in [0.25, 0.3) is 0 Å². The van der Waals surface area contributed by atoms with Gasteiger partial charge in [-0.2, -0.15) is 0 Å². The van der Waals surface area contributed by atoms with Gasteiger partial charge >= 0.3 is 0 Å². The van der Waals surface area contributed by atoms with Crippen LogP contribution in [-0.2, 0) is 11.2 Å². The van der Waals surface area contributed by atoms with Gasteiger partial charge in [-0.1, -0.05) is 23.7 Å². The molecule has 1 aromatic rings. The molecule has 0 unspecified atom stereocenters. The quantitative estimate of drug-likeness (QED) is 0.735. The van der Waals surface area contributed by atoms with Gasteiger partial charge in [0, 0.05) is 19.1 Å². The van der Waals surface area contributed by atoms with Crippen molar-refractivity contribution in [3.63, 3.8) is 0 Å². The largest absolute Gasteiger partial charge is 0.349 e. The molecule has 0 aliphatic carbocycles. The molecule has 1 rings (SSSR count). The van der Waals surface area contributed by atoms with Crippen molar-refractivity contribution >= 4 is 17.5 Å². The Kier molecular flexibility index (Phi) is 3.53. The maximum absolute atomic E-state index is 11.4. The highest BCUT2D eigenvalue weighted by molar-refractivity contribution is 6.31. The van der Waals surface area contributed by atoms with Crippen LogP contribution in [0.1, 0.15) is 11.1 Å². The molecule has 14 heavy (non-hydrogen) atoms. The van der Waals surface area contributed by atoms with Crippen molar-refractivity contribution in [2.24, 2.45) is 0 Å². The van der Waals surface area contributed by atoms with E-state index in [1.54, 1.807) is 19.0 Å². The van der Waals surface area contributed by atoms with Crippen molar-refractivity contribution < 1.29 is 4.79 Å². The standard InChI is InChI=1S/C11H14ClNO/c1-8-4-5-9(6-10(8)12)7-11(14)13(2)3/h4-6H,7H2,1-3H3. The van der Waals surface area contributed by atoms with Crippen LogP contribution in [-0.4, -0.2) is 24.9 Å². The van der Waals surface area contributed by atoms with Crippen LogP contribution in [0.3, 0.4) is 0 Å². The third kappa shape index (κ3) is 2.74. The van der Waals surface area contributed by atoms with Gasteiger partial charge in [-0.3, -0.25) is 4.79 Å². The molecule has 0 spiro atoms. The van der Waals surface area contributed by atoms with Crippen molar-refractivity contribution in [3.8, 4) is 0 Å². The lowest BCUT2D eigenvalue weighted by Gasteiger charge is -2.10. The topological polar surface area (TPSA) is 20.3 Å². The third-order valence-corrected chi connectivity index (χ3v) is 2.50. The number of halogens is 1. The summed E-state index contributed by atoms with van der Waals surface area (Å²) in [6, 6.07) is 5.71. The van der Waals surface area contributed by atoms with E-state index in [0.717, 1.165) is 11.1 Å². The van der Waals surface area contributed by atoms with Crippen molar-refractivity contribution in [1.82, 2.24) is 4.90 Å². The molecule has 0 radical (unpaired) electrons. The fourth-order valence-corrected chi connectivity index (χ4v) is 1.28. The Balaban J connectivity index is 2.78. The lowest BCUT2D eigenvalue weighted by atomic mass is 10.1. The van der Waals surface area contributed by atoms with E-state index in [0.29, 0.717) is 11.4 Å². The van der Waals surface area contributed by atoms with E-state index in [9.17, 15) is 4.79 Å². The molecule has 76 valence electrons. The highest BCUT2D eigenvalue weighted by Gasteiger charge is 2.06. The predicted octanol–water partition coefficient (Wildman–Crippen LogP) is 2.28. The normalized spacial score (nSPS) is 10.0. The minimum Gasteiger partial charge on any atom is -0.349 e. The molecule has 2 nitrogen and oxygen atoms in total. The van der Waals surface area contributed by atoms with Crippen LogP contribution in [0.2, 0.25) is 5.02 Å². The van der Waals surface area contributed by atoms with Crippen LogP contribution in [0.4, 0.5) is 0 Å². The van der Waals surface area contributed by atoms with Gasteiger partial charge in [0.1, 0.15) is 0 Å². The van der Waals surface area contributed by atoms with Crippen molar-refractivity contribution in [2.75, 3.05) is 14.1 Å². The fourth-order valence-electron chi connectivity index (χ4n) is 1.08. The van der Waals surface area contributed by atoms with Crippen molar-refractivity contribution in [2.45, 2.75) is 13.3 Å². The van der Waals surface area contributed by atoms with Crippen LogP contribution >= 0.6 is 11.6 Å². The Morgan fingerprint density at radius 1 is 1.43 bits per heavy atom. The maximum atomic E-state index is 11.4. The van der Waals surface area contributed by atoms with Gasteiger partial charge in [0.2, 0.25) is 5.91 Å². The molecule has 0 fully saturated rings. The van der Waals surface area contributed by atoms with Crippen LogP contribution in [0, 0.1) is 6.92 Å². The SMILES string of the molecule is Cc1ccc(CC(=O)N(C)C)cc1Cl. The second-order valence-corrected chi connectivity index (χ2v) is 3.96. The number of likely N-dealkylation sites (N-methyl/N-ethyl adjacent to an activating group) is 1. The number of hydrogen-bond acceptors (Lipinski definition) is 1. The number of hydrogen-bond donors (Lipinski definition) is 0. The van der Waals surface area contributed by atoms with E-state index in [2.05, 4.69) is 0 Å². The predicted molar refractivity (Wildman–Crippen MR) is 58.6 cm³/mol. The first kappa shape index (κ1) is 11.1. The summed E-state index contributed by atoms with van der Waals surface area (Å²) >= 11 is 5.95. The molecule has 0 aliphatic rings. The Labute approximate surface area is 89.5 Å². The van der Waals surface area contributed by atoms with E-state index in [1.165, 1.54) is 0 Å². The number of aryl methyl sites for hydroxylation is 1. The summed E-state index contributed by atoms with van der Waals surface area (Å²) in [5.74, 6) is 0.0879. The minimum absolute atomic E-state index is 0.0879. The van der Waals surface area contributed by atoms with E-state index in [1.807, 2.05) is 25.1 Å². The van der Waals surface area contributed by atoms with Gasteiger partial charge in [-0.05, 0) is 24.1 Å². The Bertz CT molecular complexity index is 347. The molecule has 0 saturated heterocycles. The number of carbonyl (C=O) groups excluding carboxylic acids is 1. The highest BCUT2D eigenvalue weighted by Crippen LogP contribution is 2.17. The summed E-state index contributed by atoms with van der Waals surface area (Å²) < 4.78 is 0. The number of amides is 1. The molecule has 1 amide bonds. The highest BCUT2D eigenvalue weighted by atomic mass is 35.5. The van der Waals surface area contributed by atoms with E-state index in [-0.39, 0.29) is 5.91 Å². The van der Waals surface area contributed by atoms with Crippen LogP contribution < -0.4 is 0 Å². The summed E-state index contributed by atoms with van der Waals surface area (Å²) in [5.41, 5.74) is 1.99. The first-order valence-electron chi connectivity index (χ1n) is 4.46. The average Bonchev–Trinajstić information content (AvgIpc) is 2.11. The Morgan fingerprint density at radius 3 is 2.57 bits per heavy atom. The molecule has 0 aromatic heterocycles.